The van der Waals surface area contributed by atoms with E-state index in [1.54, 1.807) is 0 Å². The summed E-state index contributed by atoms with van der Waals surface area (Å²) in [5.74, 6) is 0. The van der Waals surface area contributed by atoms with E-state index in [1.807, 2.05) is 78.9 Å². The molecule has 0 fully saturated rings. The van der Waals surface area contributed by atoms with Gasteiger partial charge in [-0.05, 0) is 72.8 Å². The molecule has 0 amide bonds. The minimum atomic E-state index is 0.602. The van der Waals surface area contributed by atoms with Gasteiger partial charge in [-0.15, -0.1) is 0 Å². The third-order valence-electron chi connectivity index (χ3n) is 8.71. The molecule has 9 aromatic rings. The minimum Gasteiger partial charge on any atom is -0.456 e. The Morgan fingerprint density at radius 1 is 0.362 bits per heavy atom. The molecule has 0 saturated carbocycles. The molecular weight excluding hydrogens is 600 g/mol. The van der Waals surface area contributed by atoms with Crippen LogP contribution in [0.15, 0.2) is 173 Å². The third-order valence-corrected chi connectivity index (χ3v) is 9.10. The molecule has 0 spiro atoms. The van der Waals surface area contributed by atoms with Crippen LogP contribution in [-0.4, -0.2) is 0 Å². The molecule has 0 aliphatic heterocycles. The van der Waals surface area contributed by atoms with Crippen LogP contribution in [0.1, 0.15) is 0 Å². The van der Waals surface area contributed by atoms with E-state index in [2.05, 4.69) is 94.7 Å². The Kier molecular flexibility index (Phi) is 6.47. The van der Waals surface area contributed by atoms with Crippen LogP contribution in [0, 0.1) is 0 Å². The Hall–Kier alpha value is -5.97. The average Bonchev–Trinajstić information content (AvgIpc) is 3.70. The van der Waals surface area contributed by atoms with Gasteiger partial charge in [-0.25, -0.2) is 0 Å². The zero-order valence-corrected chi connectivity index (χ0v) is 25.9. The van der Waals surface area contributed by atoms with Crippen molar-refractivity contribution in [2.45, 2.75) is 0 Å². The van der Waals surface area contributed by atoms with Crippen molar-refractivity contribution in [3.63, 3.8) is 0 Å². The predicted molar refractivity (Wildman–Crippen MR) is 195 cm³/mol. The van der Waals surface area contributed by atoms with Gasteiger partial charge in [0.15, 0.2) is 5.58 Å². The molecule has 224 valence electrons. The van der Waals surface area contributed by atoms with Crippen molar-refractivity contribution in [1.29, 1.82) is 0 Å². The second kappa shape index (κ2) is 11.1. The largest absolute Gasteiger partial charge is 0.456 e. The van der Waals surface area contributed by atoms with Gasteiger partial charge >= 0.3 is 0 Å². The van der Waals surface area contributed by atoms with Crippen molar-refractivity contribution in [2.75, 3.05) is 9.80 Å². The summed E-state index contributed by atoms with van der Waals surface area (Å²) in [6.07, 6.45) is 0. The number of anilines is 6. The molecule has 0 radical (unpaired) electrons. The van der Waals surface area contributed by atoms with Crippen molar-refractivity contribution < 1.29 is 8.83 Å². The van der Waals surface area contributed by atoms with Crippen LogP contribution >= 0.6 is 11.6 Å². The Bertz CT molecular complexity index is 2550. The van der Waals surface area contributed by atoms with Gasteiger partial charge in [-0.2, -0.15) is 0 Å². The van der Waals surface area contributed by atoms with Crippen LogP contribution in [-0.2, 0) is 0 Å². The number of hydrogen-bond donors (Lipinski definition) is 0. The standard InChI is InChI=1S/C42H27ClN2O2/c43-41-35(44(28-13-3-1-4-14-28)30-25-26-40-34(27-30)32-18-8-9-23-38(32)46-40)20-12-21-36(41)45(29-15-5-2-6-16-29)37-22-11-19-33-31-17-7-10-24-39(31)47-42(33)37/h1-27H. The zero-order chi connectivity index (χ0) is 31.3. The molecule has 0 aliphatic carbocycles. The summed E-state index contributed by atoms with van der Waals surface area (Å²) >= 11 is 7.59. The lowest BCUT2D eigenvalue weighted by atomic mass is 10.1. The predicted octanol–water partition coefficient (Wildman–Crippen LogP) is 13.1. The first-order chi connectivity index (χ1) is 23.2. The molecule has 0 unspecified atom stereocenters. The molecule has 7 aromatic carbocycles. The number of benzene rings is 7. The van der Waals surface area contributed by atoms with Crippen LogP contribution in [0.2, 0.25) is 5.02 Å². The highest BCUT2D eigenvalue weighted by Crippen LogP contribution is 2.49. The molecule has 47 heavy (non-hydrogen) atoms. The molecule has 2 aromatic heterocycles. The number of halogens is 1. The van der Waals surface area contributed by atoms with Crippen LogP contribution in [0.3, 0.4) is 0 Å². The van der Waals surface area contributed by atoms with Gasteiger partial charge in [0, 0.05) is 38.6 Å². The lowest BCUT2D eigenvalue weighted by Gasteiger charge is -2.31. The molecular formula is C42H27ClN2O2. The van der Waals surface area contributed by atoms with E-state index in [9.17, 15) is 0 Å². The Balaban J connectivity index is 1.27. The summed E-state index contributed by atoms with van der Waals surface area (Å²) in [6.45, 7) is 0. The van der Waals surface area contributed by atoms with Crippen LogP contribution < -0.4 is 9.80 Å². The zero-order valence-electron chi connectivity index (χ0n) is 25.2. The summed E-state index contributed by atoms with van der Waals surface area (Å²) in [6, 6.07) is 55.7. The molecule has 2 heterocycles. The second-order valence-electron chi connectivity index (χ2n) is 11.5. The fourth-order valence-electron chi connectivity index (χ4n) is 6.60. The van der Waals surface area contributed by atoms with Crippen molar-refractivity contribution >= 4 is 89.6 Å². The highest BCUT2D eigenvalue weighted by Gasteiger charge is 2.25. The topological polar surface area (TPSA) is 32.8 Å². The van der Waals surface area contributed by atoms with E-state index >= 15 is 0 Å². The average molecular weight is 627 g/mol. The molecule has 5 heteroatoms. The molecule has 0 atom stereocenters. The van der Waals surface area contributed by atoms with Crippen molar-refractivity contribution in [3.8, 4) is 0 Å². The maximum Gasteiger partial charge on any atom is 0.159 e. The summed E-state index contributed by atoms with van der Waals surface area (Å²) < 4.78 is 12.7. The normalized spacial score (nSPS) is 11.5. The maximum absolute atomic E-state index is 7.59. The smallest absolute Gasteiger partial charge is 0.159 e. The van der Waals surface area contributed by atoms with E-state index in [4.69, 9.17) is 20.4 Å². The molecule has 0 aliphatic rings. The fourth-order valence-corrected chi connectivity index (χ4v) is 6.90. The van der Waals surface area contributed by atoms with E-state index in [0.29, 0.717) is 5.02 Å². The van der Waals surface area contributed by atoms with Crippen molar-refractivity contribution in [3.05, 3.63) is 169 Å². The highest BCUT2D eigenvalue weighted by molar-refractivity contribution is 6.37. The number of para-hydroxylation sites is 5. The Labute approximate surface area is 276 Å². The van der Waals surface area contributed by atoms with E-state index in [0.717, 1.165) is 78.0 Å². The van der Waals surface area contributed by atoms with Crippen LogP contribution in [0.4, 0.5) is 34.1 Å². The van der Waals surface area contributed by atoms with Gasteiger partial charge in [-0.3, -0.25) is 0 Å². The number of hydrogen-bond acceptors (Lipinski definition) is 4. The number of nitrogens with zero attached hydrogens (tertiary/aromatic N) is 2. The minimum absolute atomic E-state index is 0.602. The first-order valence-electron chi connectivity index (χ1n) is 15.5. The Morgan fingerprint density at radius 2 is 0.872 bits per heavy atom. The van der Waals surface area contributed by atoms with Gasteiger partial charge in [0.25, 0.3) is 0 Å². The third kappa shape index (κ3) is 4.53. The molecule has 9 rings (SSSR count). The summed E-state index contributed by atoms with van der Waals surface area (Å²) in [4.78, 5) is 4.39. The van der Waals surface area contributed by atoms with E-state index in [-0.39, 0.29) is 0 Å². The monoisotopic (exact) mass is 626 g/mol. The van der Waals surface area contributed by atoms with Gasteiger partial charge in [0.2, 0.25) is 0 Å². The van der Waals surface area contributed by atoms with Crippen molar-refractivity contribution in [2.24, 2.45) is 0 Å². The van der Waals surface area contributed by atoms with Crippen LogP contribution in [0.5, 0.6) is 0 Å². The molecule has 0 bridgehead atoms. The van der Waals surface area contributed by atoms with Crippen LogP contribution in [0.25, 0.3) is 43.9 Å². The quantitative estimate of drug-likeness (QED) is 0.184. The highest BCUT2D eigenvalue weighted by atomic mass is 35.5. The van der Waals surface area contributed by atoms with Gasteiger partial charge in [-0.1, -0.05) is 103 Å². The summed E-state index contributed by atoms with van der Waals surface area (Å²) in [7, 11) is 0. The van der Waals surface area contributed by atoms with Gasteiger partial charge in [0.05, 0.1) is 22.1 Å². The number of fused-ring (bicyclic) bond motifs is 6. The summed E-state index contributed by atoms with van der Waals surface area (Å²) in [5.41, 5.74) is 8.87. The SMILES string of the molecule is Clc1c(N(c2ccccc2)c2ccc3oc4ccccc4c3c2)cccc1N(c1ccccc1)c1cccc2c1oc1ccccc12. The maximum atomic E-state index is 7.59. The first-order valence-corrected chi connectivity index (χ1v) is 15.9. The van der Waals surface area contributed by atoms with Gasteiger partial charge in [0.1, 0.15) is 16.7 Å². The summed E-state index contributed by atoms with van der Waals surface area (Å²) in [5, 5.41) is 4.86. The van der Waals surface area contributed by atoms with E-state index < -0.39 is 0 Å². The number of rotatable bonds is 6. The number of furan rings is 2. The second-order valence-corrected chi connectivity index (χ2v) is 11.9. The van der Waals surface area contributed by atoms with E-state index in [1.165, 1.54) is 0 Å². The first kappa shape index (κ1) is 27.3. The van der Waals surface area contributed by atoms with Crippen molar-refractivity contribution in [1.82, 2.24) is 0 Å². The van der Waals surface area contributed by atoms with Gasteiger partial charge < -0.3 is 18.6 Å². The Morgan fingerprint density at radius 3 is 1.60 bits per heavy atom. The lowest BCUT2D eigenvalue weighted by molar-refractivity contribution is 0.668. The molecule has 4 nitrogen and oxygen atoms in total. The molecule has 0 N–H and O–H groups in total. The molecule has 0 saturated heterocycles. The lowest BCUT2D eigenvalue weighted by Crippen LogP contribution is -2.14. The fraction of sp³-hybridized carbons (Fsp3) is 0.